The van der Waals surface area contributed by atoms with Gasteiger partial charge >= 0.3 is 6.03 Å². The molecule has 0 fully saturated rings. The van der Waals surface area contributed by atoms with Gasteiger partial charge in [0.1, 0.15) is 22.9 Å². The Balaban J connectivity index is 1.53. The third-order valence-corrected chi connectivity index (χ3v) is 9.76. The summed E-state index contributed by atoms with van der Waals surface area (Å²) in [5, 5.41) is 30.9. The van der Waals surface area contributed by atoms with Crippen molar-refractivity contribution in [1.82, 2.24) is 19.9 Å². The Morgan fingerprint density at radius 1 is 0.649 bits per heavy atom. The van der Waals surface area contributed by atoms with Crippen molar-refractivity contribution in [2.45, 2.75) is 0 Å². The lowest BCUT2D eigenvalue weighted by Crippen LogP contribution is -2.33. The number of urea groups is 1. The number of nitrogens with two attached hydrogens (primary N) is 1. The molecule has 0 atom stereocenters. The summed E-state index contributed by atoms with van der Waals surface area (Å²) < 4.78 is 15.6. The molecule has 0 aliphatic carbocycles. The smallest absolute Gasteiger partial charge is 0.340 e. The standard InChI is InChI=1S/C42H26Br2FN11O/c43-35-7-3-1-5-31(35)33-23-49-41(51-28-15-9-25(21-46)10-16-28)53-37(33)39(55-56(40(48)57)30-19-13-27(45)14-20-30)38-34(32-6-2-4-8-36(32)44)24-50-42(54-38)52-29-17-11-26(22-47)12-18-29/h1-20,23-24H,(H2,48,57)(H,49,51,53)(H,50,52,54). The molecule has 2 aromatic heterocycles. The van der Waals surface area contributed by atoms with Crippen molar-refractivity contribution in [3.63, 3.8) is 0 Å². The summed E-state index contributed by atoms with van der Waals surface area (Å²) in [6.07, 6.45) is 3.23. The quantitative estimate of drug-likeness (QED) is 0.0890. The van der Waals surface area contributed by atoms with E-state index in [0.717, 1.165) is 5.01 Å². The van der Waals surface area contributed by atoms with Crippen LogP contribution >= 0.6 is 31.9 Å². The summed E-state index contributed by atoms with van der Waals surface area (Å²) in [7, 11) is 0. The van der Waals surface area contributed by atoms with Crippen molar-refractivity contribution in [2.24, 2.45) is 10.8 Å². The molecule has 57 heavy (non-hydrogen) atoms. The number of nitrogens with zero attached hydrogens (tertiary/aromatic N) is 8. The molecule has 276 valence electrons. The van der Waals surface area contributed by atoms with E-state index in [1.54, 1.807) is 60.9 Å². The molecule has 15 heteroatoms. The molecule has 0 saturated heterocycles. The molecule has 0 unspecified atom stereocenters. The van der Waals surface area contributed by atoms with E-state index in [2.05, 4.69) is 64.6 Å². The van der Waals surface area contributed by atoms with Crippen LogP contribution in [-0.2, 0) is 0 Å². The maximum Gasteiger partial charge on any atom is 0.340 e. The Morgan fingerprint density at radius 3 is 1.49 bits per heavy atom. The number of carbonyl (C=O) groups is 1. The molecule has 5 aromatic carbocycles. The second-order valence-electron chi connectivity index (χ2n) is 12.1. The van der Waals surface area contributed by atoms with Gasteiger partial charge in [0.25, 0.3) is 0 Å². The van der Waals surface area contributed by atoms with E-state index in [1.165, 1.54) is 24.3 Å². The minimum absolute atomic E-state index is 0.0604. The first-order valence-electron chi connectivity index (χ1n) is 16.9. The average Bonchev–Trinajstić information content (AvgIpc) is 3.23. The maximum atomic E-state index is 14.2. The molecule has 12 nitrogen and oxygen atoms in total. The molecular weight excluding hydrogens is 853 g/mol. The molecule has 2 amide bonds. The summed E-state index contributed by atoms with van der Waals surface area (Å²) >= 11 is 7.35. The fraction of sp³-hybridized carbons (Fsp3) is 0. The Bertz CT molecular complexity index is 2580. The van der Waals surface area contributed by atoms with Gasteiger partial charge < -0.3 is 16.4 Å². The van der Waals surface area contributed by atoms with Crippen LogP contribution in [0.3, 0.4) is 0 Å². The topological polar surface area (TPSA) is 182 Å². The highest BCUT2D eigenvalue weighted by Gasteiger charge is 2.27. The Morgan fingerprint density at radius 2 is 1.09 bits per heavy atom. The molecule has 0 saturated carbocycles. The summed E-state index contributed by atoms with van der Waals surface area (Å²) in [5.41, 5.74) is 11.2. The molecule has 0 bridgehead atoms. The van der Waals surface area contributed by atoms with Crippen LogP contribution in [0.5, 0.6) is 0 Å². The molecule has 0 spiro atoms. The number of rotatable bonds is 10. The fourth-order valence-corrected chi connectivity index (χ4v) is 6.63. The lowest BCUT2D eigenvalue weighted by Gasteiger charge is -2.21. The average molecular weight is 880 g/mol. The number of primary amides is 1. The minimum atomic E-state index is -0.973. The van der Waals surface area contributed by atoms with Crippen molar-refractivity contribution in [1.29, 1.82) is 10.5 Å². The number of nitriles is 2. The zero-order chi connectivity index (χ0) is 39.9. The second-order valence-corrected chi connectivity index (χ2v) is 13.8. The van der Waals surface area contributed by atoms with E-state index in [9.17, 15) is 19.7 Å². The largest absolute Gasteiger partial charge is 0.350 e. The van der Waals surface area contributed by atoms with Gasteiger partial charge in [-0.05, 0) is 96.1 Å². The second kappa shape index (κ2) is 17.0. The lowest BCUT2D eigenvalue weighted by molar-refractivity contribution is 0.254. The number of anilines is 5. The number of hydrogen-bond acceptors (Lipinski definition) is 10. The van der Waals surface area contributed by atoms with Crippen LogP contribution in [0.25, 0.3) is 22.3 Å². The molecule has 0 aliphatic heterocycles. The van der Waals surface area contributed by atoms with Crippen LogP contribution < -0.4 is 21.4 Å². The molecular formula is C42H26Br2FN11O. The molecule has 2 heterocycles. The van der Waals surface area contributed by atoms with Crippen molar-refractivity contribution in [3.8, 4) is 34.4 Å². The van der Waals surface area contributed by atoms with E-state index in [4.69, 9.17) is 20.8 Å². The molecule has 7 aromatic rings. The molecule has 0 radical (unpaired) electrons. The van der Waals surface area contributed by atoms with Gasteiger partial charge in [0.05, 0.1) is 29.0 Å². The number of hydrazone groups is 1. The summed E-state index contributed by atoms with van der Waals surface area (Å²) in [6.45, 7) is 0. The first-order valence-corrected chi connectivity index (χ1v) is 18.5. The van der Waals surface area contributed by atoms with Crippen LogP contribution in [0.15, 0.2) is 148 Å². The summed E-state index contributed by atoms with van der Waals surface area (Å²) in [6, 6.07) is 36.8. The van der Waals surface area contributed by atoms with Crippen molar-refractivity contribution < 1.29 is 9.18 Å². The van der Waals surface area contributed by atoms with E-state index >= 15 is 0 Å². The SMILES string of the molecule is N#Cc1ccc(Nc2ncc(-c3ccccc3Br)c(C(=NN(C(N)=O)c3ccc(F)cc3)c3nc(Nc4ccc(C#N)cc4)ncc3-c3ccccc3Br)n2)cc1. The number of carbonyl (C=O) groups excluding carboxylic acids is 1. The fourth-order valence-electron chi connectivity index (χ4n) is 5.64. The van der Waals surface area contributed by atoms with Gasteiger partial charge in [-0.3, -0.25) is 0 Å². The number of amides is 2. The van der Waals surface area contributed by atoms with Crippen LogP contribution in [0.1, 0.15) is 22.5 Å². The highest BCUT2D eigenvalue weighted by molar-refractivity contribution is 9.11. The van der Waals surface area contributed by atoms with Crippen LogP contribution in [-0.4, -0.2) is 31.7 Å². The molecule has 4 N–H and O–H groups in total. The van der Waals surface area contributed by atoms with Crippen molar-refractivity contribution in [3.05, 3.63) is 171 Å². The van der Waals surface area contributed by atoms with Crippen LogP contribution in [0.2, 0.25) is 0 Å². The Labute approximate surface area is 342 Å². The zero-order valence-electron chi connectivity index (χ0n) is 29.4. The Hall–Kier alpha value is -7.33. The van der Waals surface area contributed by atoms with E-state index in [-0.39, 0.29) is 34.7 Å². The van der Waals surface area contributed by atoms with Crippen molar-refractivity contribution >= 4 is 72.6 Å². The highest BCUT2D eigenvalue weighted by Crippen LogP contribution is 2.36. The number of benzene rings is 5. The van der Waals surface area contributed by atoms with Gasteiger partial charge in [-0.15, -0.1) is 0 Å². The van der Waals surface area contributed by atoms with Crippen LogP contribution in [0.4, 0.5) is 38.1 Å². The van der Waals surface area contributed by atoms with Gasteiger partial charge in [-0.1, -0.05) is 68.3 Å². The number of nitrogens with one attached hydrogen (secondary N) is 2. The molecule has 0 aliphatic rings. The predicted molar refractivity (Wildman–Crippen MR) is 223 cm³/mol. The third kappa shape index (κ3) is 8.66. The predicted octanol–water partition coefficient (Wildman–Crippen LogP) is 9.83. The zero-order valence-corrected chi connectivity index (χ0v) is 32.6. The third-order valence-electron chi connectivity index (χ3n) is 8.37. The minimum Gasteiger partial charge on any atom is -0.350 e. The molecule has 7 rings (SSSR count). The summed E-state index contributed by atoms with van der Waals surface area (Å²) in [5.74, 6) is -0.223. The summed E-state index contributed by atoms with van der Waals surface area (Å²) in [4.78, 5) is 32.6. The van der Waals surface area contributed by atoms with Crippen LogP contribution in [0, 0.1) is 28.5 Å². The van der Waals surface area contributed by atoms with Gasteiger partial charge in [-0.25, -0.2) is 29.1 Å². The van der Waals surface area contributed by atoms with Crippen molar-refractivity contribution in [2.75, 3.05) is 15.6 Å². The normalized spacial score (nSPS) is 10.5. The first-order chi connectivity index (χ1) is 27.7. The van der Waals surface area contributed by atoms with Gasteiger partial charge in [0, 0.05) is 43.8 Å². The number of halogens is 3. The Kier molecular flexibility index (Phi) is 11.3. The van der Waals surface area contributed by atoms with Gasteiger partial charge in [0.15, 0.2) is 0 Å². The number of hydrogen-bond donors (Lipinski definition) is 3. The van der Waals surface area contributed by atoms with Gasteiger partial charge in [-0.2, -0.15) is 20.6 Å². The lowest BCUT2D eigenvalue weighted by atomic mass is 9.97. The van der Waals surface area contributed by atoms with E-state index in [1.807, 2.05) is 48.5 Å². The van der Waals surface area contributed by atoms with E-state index < -0.39 is 11.8 Å². The number of aromatic nitrogens is 4. The van der Waals surface area contributed by atoms with E-state index in [0.29, 0.717) is 53.7 Å². The van der Waals surface area contributed by atoms with Gasteiger partial charge in [0.2, 0.25) is 11.9 Å². The highest BCUT2D eigenvalue weighted by atomic mass is 79.9. The monoisotopic (exact) mass is 877 g/mol. The first kappa shape index (κ1) is 38.0. The maximum absolute atomic E-state index is 14.2.